The SMILES string of the molecule is CC(=O)N1CCc2cc(C(=O)NC(C)CCCC(C)C)ccc21. The fraction of sp³-hybridized carbons (Fsp3) is 0.579. The molecule has 1 aliphatic heterocycles. The molecule has 1 aromatic carbocycles. The van der Waals surface area contributed by atoms with E-state index in [4.69, 9.17) is 0 Å². The van der Waals surface area contributed by atoms with E-state index in [0.717, 1.165) is 30.5 Å². The summed E-state index contributed by atoms with van der Waals surface area (Å²) in [6.07, 6.45) is 4.16. The van der Waals surface area contributed by atoms with Crippen molar-refractivity contribution < 1.29 is 9.59 Å². The van der Waals surface area contributed by atoms with E-state index in [-0.39, 0.29) is 17.9 Å². The lowest BCUT2D eigenvalue weighted by Crippen LogP contribution is -2.32. The number of hydrogen-bond donors (Lipinski definition) is 1. The van der Waals surface area contributed by atoms with Gasteiger partial charge in [0.25, 0.3) is 5.91 Å². The molecule has 0 fully saturated rings. The van der Waals surface area contributed by atoms with Gasteiger partial charge in [0.15, 0.2) is 0 Å². The van der Waals surface area contributed by atoms with Crippen molar-refractivity contribution in [1.29, 1.82) is 0 Å². The van der Waals surface area contributed by atoms with E-state index in [1.54, 1.807) is 11.8 Å². The summed E-state index contributed by atoms with van der Waals surface area (Å²) in [6.45, 7) is 8.79. The standard InChI is InChI=1S/C19H28N2O2/c1-13(2)6-5-7-14(3)20-19(23)17-8-9-18-16(12-17)10-11-21(18)15(4)22/h8-9,12-14H,5-7,10-11H2,1-4H3,(H,20,23). The van der Waals surface area contributed by atoms with Crippen LogP contribution in [0.4, 0.5) is 5.69 Å². The van der Waals surface area contributed by atoms with Crippen LogP contribution in [0.15, 0.2) is 18.2 Å². The minimum absolute atomic E-state index is 0.0221. The van der Waals surface area contributed by atoms with E-state index in [1.807, 2.05) is 18.2 Å². The van der Waals surface area contributed by atoms with Crippen LogP contribution < -0.4 is 10.2 Å². The fourth-order valence-corrected chi connectivity index (χ4v) is 3.08. The summed E-state index contributed by atoms with van der Waals surface area (Å²) in [5, 5.41) is 3.08. The Hall–Kier alpha value is -1.84. The van der Waals surface area contributed by atoms with Crippen LogP contribution in [0.3, 0.4) is 0 Å². The van der Waals surface area contributed by atoms with Crippen molar-refractivity contribution in [1.82, 2.24) is 5.32 Å². The fourth-order valence-electron chi connectivity index (χ4n) is 3.08. The maximum Gasteiger partial charge on any atom is 0.251 e. The van der Waals surface area contributed by atoms with Crippen molar-refractivity contribution in [2.45, 2.75) is 59.4 Å². The normalized spacial score (nSPS) is 14.7. The van der Waals surface area contributed by atoms with Crippen molar-refractivity contribution in [2.75, 3.05) is 11.4 Å². The Balaban J connectivity index is 1.95. The number of amides is 2. The molecule has 1 unspecified atom stereocenters. The first-order valence-electron chi connectivity index (χ1n) is 8.60. The zero-order valence-electron chi connectivity index (χ0n) is 14.7. The molecule has 2 amide bonds. The lowest BCUT2D eigenvalue weighted by molar-refractivity contribution is -0.116. The Morgan fingerprint density at radius 1 is 1.22 bits per heavy atom. The van der Waals surface area contributed by atoms with Crippen molar-refractivity contribution in [3.8, 4) is 0 Å². The third kappa shape index (κ3) is 4.57. The van der Waals surface area contributed by atoms with Crippen molar-refractivity contribution in [3.63, 3.8) is 0 Å². The van der Waals surface area contributed by atoms with Gasteiger partial charge in [-0.05, 0) is 49.4 Å². The van der Waals surface area contributed by atoms with E-state index in [2.05, 4.69) is 26.1 Å². The number of rotatable bonds is 6. The molecule has 0 spiro atoms. The summed E-state index contributed by atoms with van der Waals surface area (Å²) < 4.78 is 0. The van der Waals surface area contributed by atoms with Gasteiger partial charge in [-0.15, -0.1) is 0 Å². The van der Waals surface area contributed by atoms with Gasteiger partial charge in [-0.2, -0.15) is 0 Å². The molecule has 4 nitrogen and oxygen atoms in total. The molecule has 0 aliphatic carbocycles. The van der Waals surface area contributed by atoms with Gasteiger partial charge in [0.2, 0.25) is 5.91 Å². The van der Waals surface area contributed by atoms with Crippen LogP contribution >= 0.6 is 0 Å². The molecule has 1 heterocycles. The molecule has 23 heavy (non-hydrogen) atoms. The van der Waals surface area contributed by atoms with Crippen LogP contribution in [0, 0.1) is 5.92 Å². The number of nitrogens with one attached hydrogen (secondary N) is 1. The number of hydrogen-bond acceptors (Lipinski definition) is 2. The molecular formula is C19H28N2O2. The van der Waals surface area contributed by atoms with Crippen LogP contribution in [0.2, 0.25) is 0 Å². The molecule has 0 saturated heterocycles. The molecule has 0 bridgehead atoms. The van der Waals surface area contributed by atoms with E-state index in [9.17, 15) is 9.59 Å². The van der Waals surface area contributed by atoms with E-state index in [0.29, 0.717) is 18.0 Å². The molecule has 1 aromatic rings. The second-order valence-corrected chi connectivity index (χ2v) is 6.96. The second kappa shape index (κ2) is 7.62. The van der Waals surface area contributed by atoms with E-state index in [1.165, 1.54) is 6.42 Å². The second-order valence-electron chi connectivity index (χ2n) is 6.96. The quantitative estimate of drug-likeness (QED) is 0.872. The summed E-state index contributed by atoms with van der Waals surface area (Å²) in [4.78, 5) is 25.7. The topological polar surface area (TPSA) is 49.4 Å². The van der Waals surface area contributed by atoms with Gasteiger partial charge in [0.1, 0.15) is 0 Å². The van der Waals surface area contributed by atoms with Gasteiger partial charge < -0.3 is 10.2 Å². The maximum atomic E-state index is 12.4. The Kier molecular flexibility index (Phi) is 5.80. The first-order valence-corrected chi connectivity index (χ1v) is 8.60. The summed E-state index contributed by atoms with van der Waals surface area (Å²) in [7, 11) is 0. The Morgan fingerprint density at radius 2 is 1.96 bits per heavy atom. The number of nitrogens with zero attached hydrogens (tertiary/aromatic N) is 1. The highest BCUT2D eigenvalue weighted by Crippen LogP contribution is 2.28. The number of benzene rings is 1. The lowest BCUT2D eigenvalue weighted by Gasteiger charge is -2.16. The summed E-state index contributed by atoms with van der Waals surface area (Å²) in [5.74, 6) is 0.740. The van der Waals surface area contributed by atoms with Gasteiger partial charge in [-0.25, -0.2) is 0 Å². The molecule has 126 valence electrons. The third-order valence-electron chi connectivity index (χ3n) is 4.41. The van der Waals surface area contributed by atoms with Crippen LogP contribution in [-0.4, -0.2) is 24.4 Å². The minimum Gasteiger partial charge on any atom is -0.350 e. The highest BCUT2D eigenvalue weighted by molar-refractivity contribution is 5.97. The third-order valence-corrected chi connectivity index (χ3v) is 4.41. The highest BCUT2D eigenvalue weighted by Gasteiger charge is 2.23. The maximum absolute atomic E-state index is 12.4. The predicted molar refractivity (Wildman–Crippen MR) is 93.8 cm³/mol. The van der Waals surface area contributed by atoms with Crippen molar-refractivity contribution in [2.24, 2.45) is 5.92 Å². The summed E-state index contributed by atoms with van der Waals surface area (Å²) in [5.41, 5.74) is 2.71. The van der Waals surface area contributed by atoms with Gasteiger partial charge in [-0.3, -0.25) is 9.59 Å². The number of carbonyl (C=O) groups excluding carboxylic acids is 2. The molecule has 1 atom stereocenters. The molecule has 0 saturated carbocycles. The number of anilines is 1. The van der Waals surface area contributed by atoms with E-state index >= 15 is 0 Å². The van der Waals surface area contributed by atoms with Crippen LogP contribution in [-0.2, 0) is 11.2 Å². The number of fused-ring (bicyclic) bond motifs is 1. The minimum atomic E-state index is -0.0221. The number of carbonyl (C=O) groups is 2. The zero-order valence-corrected chi connectivity index (χ0v) is 14.7. The smallest absolute Gasteiger partial charge is 0.251 e. The predicted octanol–water partition coefficient (Wildman–Crippen LogP) is 3.54. The molecule has 1 aliphatic rings. The first kappa shape index (κ1) is 17.5. The Bertz CT molecular complexity index is 581. The first-order chi connectivity index (χ1) is 10.9. The Morgan fingerprint density at radius 3 is 2.61 bits per heavy atom. The average molecular weight is 316 g/mol. The summed E-state index contributed by atoms with van der Waals surface area (Å²) >= 11 is 0. The molecular weight excluding hydrogens is 288 g/mol. The molecule has 4 heteroatoms. The Labute approximate surface area is 139 Å². The van der Waals surface area contributed by atoms with E-state index < -0.39 is 0 Å². The van der Waals surface area contributed by atoms with Crippen molar-refractivity contribution >= 4 is 17.5 Å². The molecule has 1 N–H and O–H groups in total. The lowest BCUT2D eigenvalue weighted by atomic mass is 10.0. The van der Waals surface area contributed by atoms with Gasteiger partial charge >= 0.3 is 0 Å². The van der Waals surface area contributed by atoms with Crippen molar-refractivity contribution in [3.05, 3.63) is 29.3 Å². The van der Waals surface area contributed by atoms with Gasteiger partial charge in [0.05, 0.1) is 0 Å². The van der Waals surface area contributed by atoms with Gasteiger partial charge in [0, 0.05) is 30.8 Å². The van der Waals surface area contributed by atoms with Crippen LogP contribution in [0.5, 0.6) is 0 Å². The zero-order chi connectivity index (χ0) is 17.0. The average Bonchev–Trinajstić information content (AvgIpc) is 2.89. The molecule has 2 rings (SSSR count). The van der Waals surface area contributed by atoms with Crippen LogP contribution in [0.25, 0.3) is 0 Å². The highest BCUT2D eigenvalue weighted by atomic mass is 16.2. The van der Waals surface area contributed by atoms with Gasteiger partial charge in [-0.1, -0.05) is 26.7 Å². The molecule has 0 radical (unpaired) electrons. The monoisotopic (exact) mass is 316 g/mol. The molecule has 0 aromatic heterocycles. The van der Waals surface area contributed by atoms with Crippen LogP contribution in [0.1, 0.15) is 62.9 Å². The summed E-state index contributed by atoms with van der Waals surface area (Å²) in [6, 6.07) is 5.82. The largest absolute Gasteiger partial charge is 0.350 e.